The van der Waals surface area contributed by atoms with Crippen molar-refractivity contribution in [1.29, 1.82) is 0 Å². The SMILES string of the molecule is COc1ccc(C(=O)CN(Cc2cccc(Cl)c2)c2ccccn2)cc1Cl. The highest BCUT2D eigenvalue weighted by molar-refractivity contribution is 6.32. The Morgan fingerprint density at radius 1 is 1.07 bits per heavy atom. The van der Waals surface area contributed by atoms with Crippen LogP contribution in [0.25, 0.3) is 0 Å². The maximum atomic E-state index is 12.8. The van der Waals surface area contributed by atoms with Gasteiger partial charge in [-0.1, -0.05) is 41.4 Å². The van der Waals surface area contributed by atoms with Gasteiger partial charge in [-0.25, -0.2) is 4.98 Å². The molecule has 0 aliphatic rings. The molecule has 6 heteroatoms. The number of carbonyl (C=O) groups is 1. The van der Waals surface area contributed by atoms with E-state index in [9.17, 15) is 4.79 Å². The largest absolute Gasteiger partial charge is 0.495 e. The Bertz CT molecular complexity index is 932. The summed E-state index contributed by atoms with van der Waals surface area (Å²) in [5.41, 5.74) is 1.52. The van der Waals surface area contributed by atoms with Crippen molar-refractivity contribution >= 4 is 34.8 Å². The minimum absolute atomic E-state index is 0.0627. The van der Waals surface area contributed by atoms with Gasteiger partial charge in [0, 0.05) is 23.3 Å². The monoisotopic (exact) mass is 400 g/mol. The number of rotatable bonds is 7. The first-order valence-electron chi connectivity index (χ1n) is 8.34. The van der Waals surface area contributed by atoms with Gasteiger partial charge in [-0.2, -0.15) is 0 Å². The molecule has 2 aromatic carbocycles. The lowest BCUT2D eigenvalue weighted by Gasteiger charge is -2.23. The smallest absolute Gasteiger partial charge is 0.182 e. The zero-order valence-corrected chi connectivity index (χ0v) is 16.2. The molecule has 0 aliphatic heterocycles. The van der Waals surface area contributed by atoms with E-state index in [1.807, 2.05) is 47.4 Å². The molecule has 138 valence electrons. The van der Waals surface area contributed by atoms with E-state index in [4.69, 9.17) is 27.9 Å². The molecule has 0 N–H and O–H groups in total. The standard InChI is InChI=1S/C21H18Cl2N2O2/c1-27-20-9-8-16(12-18(20)23)19(26)14-25(21-7-2-3-10-24-21)13-15-5-4-6-17(22)11-15/h2-12H,13-14H2,1H3. The van der Waals surface area contributed by atoms with E-state index >= 15 is 0 Å². The van der Waals surface area contributed by atoms with Crippen LogP contribution < -0.4 is 9.64 Å². The first-order chi connectivity index (χ1) is 13.1. The predicted octanol–water partition coefficient (Wildman–Crippen LogP) is 5.29. The van der Waals surface area contributed by atoms with Gasteiger partial charge in [-0.15, -0.1) is 0 Å². The van der Waals surface area contributed by atoms with Crippen LogP contribution in [0.15, 0.2) is 66.9 Å². The van der Waals surface area contributed by atoms with E-state index in [2.05, 4.69) is 4.98 Å². The van der Waals surface area contributed by atoms with Gasteiger partial charge in [0.25, 0.3) is 0 Å². The van der Waals surface area contributed by atoms with Crippen molar-refractivity contribution in [3.63, 3.8) is 0 Å². The highest BCUT2D eigenvalue weighted by atomic mass is 35.5. The van der Waals surface area contributed by atoms with Gasteiger partial charge in [0.15, 0.2) is 5.78 Å². The van der Waals surface area contributed by atoms with Crippen LogP contribution in [0.5, 0.6) is 5.75 Å². The van der Waals surface area contributed by atoms with Crippen LogP contribution in [0.3, 0.4) is 0 Å². The Hall–Kier alpha value is -2.56. The number of ether oxygens (including phenoxy) is 1. The third-order valence-corrected chi connectivity index (χ3v) is 4.57. The molecule has 4 nitrogen and oxygen atoms in total. The Morgan fingerprint density at radius 3 is 2.59 bits per heavy atom. The molecule has 0 bridgehead atoms. The first-order valence-corrected chi connectivity index (χ1v) is 9.09. The molecule has 1 aromatic heterocycles. The van der Waals surface area contributed by atoms with Crippen LogP contribution in [-0.4, -0.2) is 24.4 Å². The molecule has 1 heterocycles. The Morgan fingerprint density at radius 2 is 1.93 bits per heavy atom. The Kier molecular flexibility index (Phi) is 6.32. The summed E-state index contributed by atoms with van der Waals surface area (Å²) in [5.74, 6) is 1.19. The molecule has 0 saturated carbocycles. The van der Waals surface area contributed by atoms with Crippen LogP contribution in [0.1, 0.15) is 15.9 Å². The maximum absolute atomic E-state index is 12.8. The van der Waals surface area contributed by atoms with Crippen molar-refractivity contribution < 1.29 is 9.53 Å². The van der Waals surface area contributed by atoms with Gasteiger partial charge in [0.1, 0.15) is 11.6 Å². The lowest BCUT2D eigenvalue weighted by Crippen LogP contribution is -2.30. The number of halogens is 2. The average Bonchev–Trinajstić information content (AvgIpc) is 2.68. The number of ketones is 1. The molecule has 0 unspecified atom stereocenters. The molecule has 0 radical (unpaired) electrons. The van der Waals surface area contributed by atoms with E-state index in [1.54, 1.807) is 24.4 Å². The molecule has 3 rings (SSSR count). The number of methoxy groups -OCH3 is 1. The van der Waals surface area contributed by atoms with Crippen LogP contribution >= 0.6 is 23.2 Å². The second-order valence-corrected chi connectivity index (χ2v) is 6.79. The number of hydrogen-bond donors (Lipinski definition) is 0. The fraction of sp³-hybridized carbons (Fsp3) is 0.143. The summed E-state index contributed by atoms with van der Waals surface area (Å²) in [6, 6.07) is 18.2. The van der Waals surface area contributed by atoms with Gasteiger partial charge in [0.05, 0.1) is 18.7 Å². The highest BCUT2D eigenvalue weighted by Crippen LogP contribution is 2.25. The minimum Gasteiger partial charge on any atom is -0.495 e. The molecule has 0 saturated heterocycles. The third kappa shape index (κ3) is 5.00. The van der Waals surface area contributed by atoms with E-state index in [0.717, 1.165) is 5.56 Å². The molecule has 0 atom stereocenters. The van der Waals surface area contributed by atoms with Crippen molar-refractivity contribution in [2.45, 2.75) is 6.54 Å². The molecule has 0 amide bonds. The number of pyridine rings is 1. The van der Waals surface area contributed by atoms with Gasteiger partial charge in [-0.05, 0) is 48.0 Å². The first kappa shape index (κ1) is 19.2. The van der Waals surface area contributed by atoms with Gasteiger partial charge in [-0.3, -0.25) is 4.79 Å². The zero-order valence-electron chi connectivity index (χ0n) is 14.7. The normalized spacial score (nSPS) is 10.5. The Labute approximate surface area is 168 Å². The lowest BCUT2D eigenvalue weighted by molar-refractivity contribution is 0.0998. The van der Waals surface area contributed by atoms with Crippen LogP contribution in [0.4, 0.5) is 5.82 Å². The number of Topliss-reactive ketones (excluding diaryl/α,β-unsaturated/α-hetero) is 1. The fourth-order valence-electron chi connectivity index (χ4n) is 2.72. The molecule has 27 heavy (non-hydrogen) atoms. The number of anilines is 1. The second kappa shape index (κ2) is 8.89. The third-order valence-electron chi connectivity index (χ3n) is 4.04. The van der Waals surface area contributed by atoms with Crippen molar-refractivity contribution in [2.75, 3.05) is 18.6 Å². The van der Waals surface area contributed by atoms with Crippen molar-refractivity contribution in [3.05, 3.63) is 88.0 Å². The molecule has 0 fully saturated rings. The number of aromatic nitrogens is 1. The Balaban J connectivity index is 1.84. The summed E-state index contributed by atoms with van der Waals surface area (Å²) in [7, 11) is 1.54. The summed E-state index contributed by atoms with van der Waals surface area (Å²) < 4.78 is 5.14. The maximum Gasteiger partial charge on any atom is 0.182 e. The molecule has 0 aliphatic carbocycles. The summed E-state index contributed by atoms with van der Waals surface area (Å²) in [6.45, 7) is 0.666. The zero-order chi connectivity index (χ0) is 19.2. The van der Waals surface area contributed by atoms with E-state index in [-0.39, 0.29) is 12.3 Å². The van der Waals surface area contributed by atoms with E-state index in [0.29, 0.717) is 33.7 Å². The summed E-state index contributed by atoms with van der Waals surface area (Å²) in [4.78, 5) is 19.1. The molecule has 3 aromatic rings. The number of hydrogen-bond acceptors (Lipinski definition) is 4. The van der Waals surface area contributed by atoms with Gasteiger partial charge >= 0.3 is 0 Å². The van der Waals surface area contributed by atoms with E-state index in [1.165, 1.54) is 7.11 Å². The van der Waals surface area contributed by atoms with E-state index < -0.39 is 0 Å². The van der Waals surface area contributed by atoms with Crippen molar-refractivity contribution in [3.8, 4) is 5.75 Å². The molecular weight excluding hydrogens is 383 g/mol. The quantitative estimate of drug-likeness (QED) is 0.505. The van der Waals surface area contributed by atoms with Crippen LogP contribution in [0.2, 0.25) is 10.0 Å². The second-order valence-electron chi connectivity index (χ2n) is 5.95. The summed E-state index contributed by atoms with van der Waals surface area (Å²) in [5, 5.41) is 1.06. The fourth-order valence-corrected chi connectivity index (χ4v) is 3.19. The van der Waals surface area contributed by atoms with Gasteiger partial charge < -0.3 is 9.64 Å². The predicted molar refractivity (Wildman–Crippen MR) is 109 cm³/mol. The summed E-state index contributed by atoms with van der Waals surface area (Å²) >= 11 is 12.3. The average molecular weight is 401 g/mol. The minimum atomic E-state index is -0.0627. The number of nitrogens with zero attached hydrogens (tertiary/aromatic N) is 2. The summed E-state index contributed by atoms with van der Waals surface area (Å²) in [6.07, 6.45) is 1.70. The molecular formula is C21H18Cl2N2O2. The van der Waals surface area contributed by atoms with Crippen LogP contribution in [0, 0.1) is 0 Å². The number of benzene rings is 2. The molecule has 0 spiro atoms. The van der Waals surface area contributed by atoms with Crippen molar-refractivity contribution in [1.82, 2.24) is 4.98 Å². The topological polar surface area (TPSA) is 42.4 Å². The van der Waals surface area contributed by atoms with Gasteiger partial charge in [0.2, 0.25) is 0 Å². The highest BCUT2D eigenvalue weighted by Gasteiger charge is 2.16. The van der Waals surface area contributed by atoms with Crippen LogP contribution in [-0.2, 0) is 6.54 Å². The lowest BCUT2D eigenvalue weighted by atomic mass is 10.1. The van der Waals surface area contributed by atoms with Crippen molar-refractivity contribution in [2.24, 2.45) is 0 Å². The number of carbonyl (C=O) groups excluding carboxylic acids is 1.